The van der Waals surface area contributed by atoms with Crippen LogP contribution in [0.15, 0.2) is 61.1 Å². The van der Waals surface area contributed by atoms with Crippen molar-refractivity contribution in [1.82, 2.24) is 19.7 Å². The van der Waals surface area contributed by atoms with Crippen LogP contribution in [0.3, 0.4) is 0 Å². The number of rotatable bonds is 3. The molecule has 1 aliphatic rings. The zero-order valence-corrected chi connectivity index (χ0v) is 15.3. The fourth-order valence-electron chi connectivity index (χ4n) is 3.72. The van der Waals surface area contributed by atoms with Gasteiger partial charge in [0.05, 0.1) is 5.52 Å². The minimum atomic E-state index is -0.133. The molecule has 0 saturated carbocycles. The monoisotopic (exact) mass is 372 g/mol. The van der Waals surface area contributed by atoms with Crippen molar-refractivity contribution >= 4 is 22.5 Å². The Hall–Kier alpha value is -3.25. The van der Waals surface area contributed by atoms with E-state index in [2.05, 4.69) is 27.4 Å². The van der Waals surface area contributed by atoms with Crippen LogP contribution in [0, 0.1) is 0 Å². The van der Waals surface area contributed by atoms with Crippen molar-refractivity contribution in [1.29, 1.82) is 0 Å². The van der Waals surface area contributed by atoms with Crippen LogP contribution in [-0.4, -0.2) is 39.5 Å². The van der Waals surface area contributed by atoms with Gasteiger partial charge in [0, 0.05) is 43.2 Å². The maximum absolute atomic E-state index is 12.6. The van der Waals surface area contributed by atoms with Crippen molar-refractivity contribution in [2.24, 2.45) is 0 Å². The van der Waals surface area contributed by atoms with Gasteiger partial charge in [-0.3, -0.25) is 9.78 Å². The number of carbonyl (C=O) groups excluding carboxylic acids is 1. The van der Waals surface area contributed by atoms with Gasteiger partial charge in [-0.1, -0.05) is 18.2 Å². The maximum atomic E-state index is 12.6. The molecule has 1 N–H and O–H groups in total. The van der Waals surface area contributed by atoms with E-state index < -0.39 is 0 Å². The highest BCUT2D eigenvalue weighted by Crippen LogP contribution is 2.27. The summed E-state index contributed by atoms with van der Waals surface area (Å²) in [6.07, 6.45) is 7.29. The molecule has 5 rings (SSSR count). The molecule has 1 aromatic carbocycles. The Morgan fingerprint density at radius 2 is 1.96 bits per heavy atom. The van der Waals surface area contributed by atoms with Crippen LogP contribution in [-0.2, 0) is 4.74 Å². The van der Waals surface area contributed by atoms with E-state index in [1.807, 2.05) is 40.9 Å². The first-order chi connectivity index (χ1) is 13.8. The largest absolute Gasteiger partial charge is 0.381 e. The fraction of sp³-hybridized carbons (Fsp3) is 0.227. The summed E-state index contributed by atoms with van der Waals surface area (Å²) in [4.78, 5) is 21.5. The smallest absolute Gasteiger partial charge is 0.271 e. The Morgan fingerprint density at radius 3 is 2.86 bits per heavy atom. The van der Waals surface area contributed by atoms with E-state index in [0.29, 0.717) is 18.9 Å². The number of ether oxygens (including phenoxy) is 1. The Bertz CT molecular complexity index is 1160. The zero-order chi connectivity index (χ0) is 18.9. The van der Waals surface area contributed by atoms with Crippen molar-refractivity contribution < 1.29 is 9.53 Å². The third-order valence-electron chi connectivity index (χ3n) is 5.20. The number of hydrogen-bond donors (Lipinski definition) is 1. The van der Waals surface area contributed by atoms with Gasteiger partial charge >= 0.3 is 0 Å². The second-order valence-electron chi connectivity index (χ2n) is 7.05. The number of nitrogens with zero attached hydrogens (tertiary/aromatic N) is 3. The average Bonchev–Trinajstić information content (AvgIpc) is 3.18. The number of hydrogen-bond acceptors (Lipinski definition) is 4. The number of fused-ring (bicyclic) bond motifs is 2. The van der Waals surface area contributed by atoms with E-state index >= 15 is 0 Å². The molecule has 0 bridgehead atoms. The Kier molecular flexibility index (Phi) is 4.25. The van der Waals surface area contributed by atoms with Crippen molar-refractivity contribution in [2.75, 3.05) is 13.2 Å². The van der Waals surface area contributed by atoms with Crippen molar-refractivity contribution in [3.63, 3.8) is 0 Å². The molecule has 4 aromatic rings. The van der Waals surface area contributed by atoms with Gasteiger partial charge in [0.15, 0.2) is 0 Å². The number of imidazole rings is 1. The standard InChI is InChI=1S/C22H20N4O2/c27-22(24-16-8-11-28-12-9-16)20-14-26-13-15(6-7-21(26)25-20)17-3-1-5-19-18(17)4-2-10-23-19/h1-7,10,13-14,16H,8-9,11-12H2,(H,24,27). The summed E-state index contributed by atoms with van der Waals surface area (Å²) >= 11 is 0. The van der Waals surface area contributed by atoms with Gasteiger partial charge in [0.1, 0.15) is 11.3 Å². The van der Waals surface area contributed by atoms with Crippen molar-refractivity contribution in [3.8, 4) is 11.1 Å². The van der Waals surface area contributed by atoms with Crippen LogP contribution in [0.2, 0.25) is 0 Å². The lowest BCUT2D eigenvalue weighted by Gasteiger charge is -2.22. The van der Waals surface area contributed by atoms with E-state index in [1.165, 1.54) is 0 Å². The van der Waals surface area contributed by atoms with E-state index in [9.17, 15) is 4.79 Å². The quantitative estimate of drug-likeness (QED) is 0.598. The average molecular weight is 372 g/mol. The molecular weight excluding hydrogens is 352 g/mol. The number of amides is 1. The summed E-state index contributed by atoms with van der Waals surface area (Å²) in [6, 6.07) is 14.2. The molecule has 0 radical (unpaired) electrons. The predicted molar refractivity (Wildman–Crippen MR) is 107 cm³/mol. The molecule has 6 heteroatoms. The molecule has 4 heterocycles. The Labute approximate surface area is 162 Å². The molecule has 0 unspecified atom stereocenters. The molecule has 0 atom stereocenters. The van der Waals surface area contributed by atoms with Gasteiger partial charge in [-0.2, -0.15) is 0 Å². The lowest BCUT2D eigenvalue weighted by atomic mass is 10.0. The summed E-state index contributed by atoms with van der Waals surface area (Å²) in [5.74, 6) is -0.133. The van der Waals surface area contributed by atoms with Gasteiger partial charge in [0.25, 0.3) is 5.91 Å². The second-order valence-corrected chi connectivity index (χ2v) is 7.05. The summed E-state index contributed by atoms with van der Waals surface area (Å²) < 4.78 is 7.25. The lowest BCUT2D eigenvalue weighted by Crippen LogP contribution is -2.39. The highest BCUT2D eigenvalue weighted by Gasteiger charge is 2.19. The first-order valence-electron chi connectivity index (χ1n) is 9.49. The fourth-order valence-corrected chi connectivity index (χ4v) is 3.72. The summed E-state index contributed by atoms with van der Waals surface area (Å²) in [5.41, 5.74) is 4.30. The number of aromatic nitrogens is 3. The van der Waals surface area contributed by atoms with Crippen molar-refractivity contribution in [2.45, 2.75) is 18.9 Å². The number of benzene rings is 1. The molecular formula is C22H20N4O2. The third-order valence-corrected chi connectivity index (χ3v) is 5.20. The summed E-state index contributed by atoms with van der Waals surface area (Å²) in [5, 5.41) is 4.16. The molecule has 6 nitrogen and oxygen atoms in total. The second kappa shape index (κ2) is 7.05. The highest BCUT2D eigenvalue weighted by atomic mass is 16.5. The van der Waals surface area contributed by atoms with E-state index in [0.717, 1.165) is 40.5 Å². The molecule has 0 aliphatic carbocycles. The predicted octanol–water partition coefficient (Wildman–Crippen LogP) is 3.46. The van der Waals surface area contributed by atoms with E-state index in [4.69, 9.17) is 4.74 Å². The number of carbonyl (C=O) groups is 1. The molecule has 0 spiro atoms. The summed E-state index contributed by atoms with van der Waals surface area (Å²) in [6.45, 7) is 1.39. The highest BCUT2D eigenvalue weighted by molar-refractivity contribution is 5.95. The van der Waals surface area contributed by atoms with Crippen LogP contribution in [0.25, 0.3) is 27.7 Å². The van der Waals surface area contributed by atoms with Crippen LogP contribution in [0.4, 0.5) is 0 Å². The Morgan fingerprint density at radius 1 is 1.07 bits per heavy atom. The maximum Gasteiger partial charge on any atom is 0.271 e. The minimum Gasteiger partial charge on any atom is -0.381 e. The van der Waals surface area contributed by atoms with Gasteiger partial charge in [-0.05, 0) is 48.2 Å². The molecule has 1 fully saturated rings. The van der Waals surface area contributed by atoms with Gasteiger partial charge in [0.2, 0.25) is 0 Å². The topological polar surface area (TPSA) is 68.5 Å². The van der Waals surface area contributed by atoms with Crippen LogP contribution in [0.1, 0.15) is 23.3 Å². The Balaban J connectivity index is 1.47. The van der Waals surface area contributed by atoms with Crippen LogP contribution < -0.4 is 5.32 Å². The normalized spacial score (nSPS) is 15.1. The van der Waals surface area contributed by atoms with Gasteiger partial charge in [-0.25, -0.2) is 4.98 Å². The van der Waals surface area contributed by atoms with Gasteiger partial charge < -0.3 is 14.5 Å². The number of nitrogens with one attached hydrogen (secondary N) is 1. The third kappa shape index (κ3) is 3.12. The minimum absolute atomic E-state index is 0.133. The van der Waals surface area contributed by atoms with Crippen molar-refractivity contribution in [3.05, 3.63) is 66.7 Å². The molecule has 1 aliphatic heterocycles. The molecule has 140 valence electrons. The summed E-state index contributed by atoms with van der Waals surface area (Å²) in [7, 11) is 0. The molecule has 3 aromatic heterocycles. The first kappa shape index (κ1) is 16.9. The molecule has 28 heavy (non-hydrogen) atoms. The molecule has 1 amide bonds. The van der Waals surface area contributed by atoms with Crippen LogP contribution >= 0.6 is 0 Å². The van der Waals surface area contributed by atoms with E-state index in [1.54, 1.807) is 12.4 Å². The van der Waals surface area contributed by atoms with Gasteiger partial charge in [-0.15, -0.1) is 0 Å². The lowest BCUT2D eigenvalue weighted by molar-refractivity contribution is 0.0694. The van der Waals surface area contributed by atoms with E-state index in [-0.39, 0.29) is 11.9 Å². The zero-order valence-electron chi connectivity index (χ0n) is 15.3. The van der Waals surface area contributed by atoms with Crippen LogP contribution in [0.5, 0.6) is 0 Å². The number of pyridine rings is 2. The SMILES string of the molecule is O=C(NC1CCOCC1)c1cn2cc(-c3cccc4ncccc34)ccc2n1. The molecule has 1 saturated heterocycles. The first-order valence-corrected chi connectivity index (χ1v) is 9.49.